The molecule has 0 aromatic carbocycles. The van der Waals surface area contributed by atoms with Gasteiger partial charge in [-0.05, 0) is 43.7 Å². The Morgan fingerprint density at radius 3 is 1.70 bits per heavy atom. The van der Waals surface area contributed by atoms with Crippen LogP contribution in [-0.4, -0.2) is 28.9 Å². The van der Waals surface area contributed by atoms with Crippen LogP contribution >= 0.6 is 45.2 Å². The van der Waals surface area contributed by atoms with Crippen LogP contribution in [0.2, 0.25) is 0 Å². The van der Waals surface area contributed by atoms with Crippen molar-refractivity contribution in [2.24, 2.45) is 0 Å². The van der Waals surface area contributed by atoms with E-state index in [0.29, 0.717) is 4.05 Å². The lowest BCUT2D eigenvalue weighted by Gasteiger charge is -2.31. The second kappa shape index (κ2) is 5.07. The third kappa shape index (κ3) is 2.76. The molecule has 0 aliphatic rings. The van der Waals surface area contributed by atoms with Gasteiger partial charge in [0.15, 0.2) is 0 Å². The maximum absolute atomic E-state index is 3.18. The van der Waals surface area contributed by atoms with Crippen molar-refractivity contribution < 1.29 is 0 Å². The molecule has 0 amide bonds. The van der Waals surface area contributed by atoms with Crippen LogP contribution in [0.5, 0.6) is 0 Å². The monoisotopic (exact) mass is 369 g/mol. The van der Waals surface area contributed by atoms with Gasteiger partial charge in [-0.2, -0.15) is 0 Å². The highest BCUT2D eigenvalue weighted by molar-refractivity contribution is 14.1. The van der Waals surface area contributed by atoms with Gasteiger partial charge in [0.05, 0.1) is 0 Å². The summed E-state index contributed by atoms with van der Waals surface area (Å²) in [5.74, 6) is 0. The third-order valence-corrected chi connectivity index (χ3v) is 5.78. The number of rotatable bonds is 4. The third-order valence-electron chi connectivity index (χ3n) is 1.33. The summed E-state index contributed by atoms with van der Waals surface area (Å²) in [7, 11) is 5.82. The molecule has 1 unspecified atom stereocenters. The average Bonchev–Trinajstić information content (AvgIpc) is 2.01. The predicted octanol–water partition coefficient (Wildman–Crippen LogP) is 0.495. The summed E-state index contributed by atoms with van der Waals surface area (Å²) in [6.45, 7) is 0. The zero-order valence-corrected chi connectivity index (χ0v) is 10.6. The fraction of sp³-hybridized carbons (Fsp3) is 1.00. The largest absolute Gasteiger partial charge is 0.305 e. The summed E-state index contributed by atoms with van der Waals surface area (Å²) < 4.78 is 0.299. The van der Waals surface area contributed by atoms with Crippen molar-refractivity contribution in [3.8, 4) is 0 Å². The van der Waals surface area contributed by atoms with Crippen molar-refractivity contribution in [1.29, 1.82) is 0 Å². The Morgan fingerprint density at radius 1 is 1.20 bits per heavy atom. The highest BCUT2D eigenvalue weighted by atomic mass is 127. The lowest BCUT2D eigenvalue weighted by Crippen LogP contribution is -2.58. The maximum Gasteiger partial charge on any atom is 0.147 e. The van der Waals surface area contributed by atoms with Crippen LogP contribution in [-0.2, 0) is 0 Å². The number of hydrogen-bond donors (Lipinski definition) is 3. The van der Waals surface area contributed by atoms with Gasteiger partial charge < -0.3 is 5.32 Å². The van der Waals surface area contributed by atoms with E-state index in [1.54, 1.807) is 0 Å². The first kappa shape index (κ1) is 11.3. The molecule has 0 spiro atoms. The number of nitrogens with one attached hydrogen (secondary N) is 3. The molecule has 0 rings (SSSR count). The molecule has 3 nitrogen and oxygen atoms in total. The van der Waals surface area contributed by atoms with Gasteiger partial charge in [0.25, 0.3) is 0 Å². The quantitative estimate of drug-likeness (QED) is 0.292. The first-order valence-electron chi connectivity index (χ1n) is 2.98. The Morgan fingerprint density at radius 2 is 1.60 bits per heavy atom. The van der Waals surface area contributed by atoms with Crippen LogP contribution in [0.15, 0.2) is 0 Å². The predicted molar refractivity (Wildman–Crippen MR) is 61.7 cm³/mol. The fourth-order valence-electron chi connectivity index (χ4n) is 0.577. The van der Waals surface area contributed by atoms with Crippen LogP contribution < -0.4 is 16.0 Å². The molecule has 0 radical (unpaired) electrons. The van der Waals surface area contributed by atoms with E-state index in [1.165, 1.54) is 0 Å². The van der Waals surface area contributed by atoms with E-state index in [0.717, 1.165) is 0 Å². The molecule has 0 fully saturated rings. The van der Waals surface area contributed by atoms with Crippen molar-refractivity contribution in [3.63, 3.8) is 0 Å². The van der Waals surface area contributed by atoms with E-state index in [9.17, 15) is 0 Å². The highest BCUT2D eigenvalue weighted by Crippen LogP contribution is 2.19. The first-order chi connectivity index (χ1) is 4.60. The molecule has 1 atom stereocenters. The Hall–Kier alpha value is 1.34. The summed E-state index contributed by atoms with van der Waals surface area (Å²) in [6, 6.07) is 0. The first-order valence-corrected chi connectivity index (χ1v) is 5.31. The summed E-state index contributed by atoms with van der Waals surface area (Å²) in [6.07, 6.45) is 0. The Kier molecular flexibility index (Phi) is 5.75. The minimum absolute atomic E-state index is 0.0624. The Balaban J connectivity index is 4.02. The van der Waals surface area contributed by atoms with Crippen molar-refractivity contribution in [2.75, 3.05) is 21.1 Å². The Bertz CT molecular complexity index is 94.9. The van der Waals surface area contributed by atoms with Gasteiger partial charge in [0.1, 0.15) is 7.72 Å². The zero-order valence-electron chi connectivity index (χ0n) is 6.33. The van der Waals surface area contributed by atoms with Crippen LogP contribution in [0.3, 0.4) is 0 Å². The molecule has 0 aromatic heterocycles. The second-order valence-electron chi connectivity index (χ2n) is 1.86. The van der Waals surface area contributed by atoms with Crippen molar-refractivity contribution in [3.05, 3.63) is 0 Å². The van der Waals surface area contributed by atoms with Gasteiger partial charge in [0, 0.05) is 0 Å². The summed E-state index contributed by atoms with van der Waals surface area (Å²) in [4.78, 5) is 0. The number of hydrogen-bond acceptors (Lipinski definition) is 3. The van der Waals surface area contributed by atoms with Crippen LogP contribution in [0, 0.1) is 0 Å². The minimum atomic E-state index is -0.0624. The molecule has 0 heterocycles. The van der Waals surface area contributed by atoms with E-state index in [1.807, 2.05) is 21.1 Å². The normalized spacial score (nSPS) is 15.3. The van der Waals surface area contributed by atoms with E-state index in [-0.39, 0.29) is 3.67 Å². The van der Waals surface area contributed by atoms with Gasteiger partial charge in [-0.25, -0.2) is 0 Å². The lowest BCUT2D eigenvalue weighted by atomic mass is 10.5. The van der Waals surface area contributed by atoms with E-state index < -0.39 is 0 Å². The molecule has 0 aliphatic carbocycles. The molecule has 0 bridgehead atoms. The van der Waals surface area contributed by atoms with Crippen molar-refractivity contribution in [2.45, 2.75) is 7.72 Å². The van der Waals surface area contributed by atoms with Gasteiger partial charge >= 0.3 is 0 Å². The molecule has 5 heteroatoms. The lowest BCUT2D eigenvalue weighted by molar-refractivity contribution is 0.438. The van der Waals surface area contributed by atoms with Crippen LogP contribution in [0.25, 0.3) is 0 Å². The highest BCUT2D eigenvalue weighted by Gasteiger charge is 2.29. The molecule has 0 saturated heterocycles. The number of likely N-dealkylation sites (N-methyl/N-ethyl adjacent to an activating group) is 3. The SMILES string of the molecule is CNC(I)C(I)(NC)NC. The summed E-state index contributed by atoms with van der Waals surface area (Å²) in [5.41, 5.74) is 0. The van der Waals surface area contributed by atoms with Crippen LogP contribution in [0.4, 0.5) is 0 Å². The average molecular weight is 369 g/mol. The zero-order chi connectivity index (χ0) is 8.20. The van der Waals surface area contributed by atoms with Gasteiger partial charge in [-0.3, -0.25) is 10.6 Å². The minimum Gasteiger partial charge on any atom is -0.305 e. The Labute approximate surface area is 89.4 Å². The molecule has 0 saturated carbocycles. The summed E-state index contributed by atoms with van der Waals surface area (Å²) >= 11 is 4.68. The topological polar surface area (TPSA) is 36.1 Å². The molecule has 10 heavy (non-hydrogen) atoms. The molecule has 3 N–H and O–H groups in total. The van der Waals surface area contributed by atoms with Gasteiger partial charge in [-0.15, -0.1) is 0 Å². The number of alkyl halides is 2. The van der Waals surface area contributed by atoms with E-state index in [2.05, 4.69) is 61.1 Å². The molecular weight excluding hydrogens is 356 g/mol. The number of halogens is 2. The molecule has 0 aromatic rings. The standard InChI is InChI=1S/C5H13I2N3/c1-8-4(6)5(7,9-2)10-3/h4,8-10H,1-3H3. The van der Waals surface area contributed by atoms with E-state index in [4.69, 9.17) is 0 Å². The van der Waals surface area contributed by atoms with Crippen molar-refractivity contribution >= 4 is 45.2 Å². The molecular formula is C5H13I2N3. The van der Waals surface area contributed by atoms with Crippen molar-refractivity contribution in [1.82, 2.24) is 16.0 Å². The fourth-order valence-corrected chi connectivity index (χ4v) is 1.51. The maximum atomic E-state index is 3.18. The van der Waals surface area contributed by atoms with E-state index >= 15 is 0 Å². The van der Waals surface area contributed by atoms with Crippen LogP contribution in [0.1, 0.15) is 0 Å². The molecule has 62 valence electrons. The second-order valence-corrected chi connectivity index (χ2v) is 4.81. The smallest absolute Gasteiger partial charge is 0.147 e. The molecule has 0 aliphatic heterocycles. The van der Waals surface area contributed by atoms with Gasteiger partial charge in [0.2, 0.25) is 0 Å². The summed E-state index contributed by atoms with van der Waals surface area (Å²) in [5, 5.41) is 9.53. The van der Waals surface area contributed by atoms with Gasteiger partial charge in [-0.1, -0.05) is 22.6 Å².